The Morgan fingerprint density at radius 3 is 2.78 bits per heavy atom. The molecule has 0 radical (unpaired) electrons. The fourth-order valence-corrected chi connectivity index (χ4v) is 3.43. The van der Waals surface area contributed by atoms with Gasteiger partial charge in [-0.1, -0.05) is 41.0 Å². The van der Waals surface area contributed by atoms with E-state index in [0.717, 1.165) is 11.1 Å². The third kappa shape index (κ3) is 4.40. The topological polar surface area (TPSA) is 99.0 Å². The third-order valence-corrected chi connectivity index (χ3v) is 5.60. The first-order valence-electron chi connectivity index (χ1n) is 7.99. The molecule has 0 bridgehead atoms. The van der Waals surface area contributed by atoms with Crippen LogP contribution in [0.15, 0.2) is 40.1 Å². The summed E-state index contributed by atoms with van der Waals surface area (Å²) in [6, 6.07) is 6.81. The summed E-state index contributed by atoms with van der Waals surface area (Å²) in [6.45, 7) is 3.68. The van der Waals surface area contributed by atoms with Crippen molar-refractivity contribution in [2.75, 3.05) is 11.6 Å². The molecular formula is C17H17Cl2N5O2S. The Labute approximate surface area is 170 Å². The minimum absolute atomic E-state index is 0.144. The van der Waals surface area contributed by atoms with Crippen LogP contribution in [0.4, 0.5) is 0 Å². The van der Waals surface area contributed by atoms with Crippen LogP contribution in [-0.2, 0) is 4.79 Å². The number of hydrogen-bond acceptors (Lipinski definition) is 6. The molecular weight excluding hydrogens is 409 g/mol. The minimum atomic E-state index is -0.215. The van der Waals surface area contributed by atoms with Crippen molar-refractivity contribution < 1.29 is 9.21 Å². The normalized spacial score (nSPS) is 12.1. The number of nitrogens with two attached hydrogens (primary N) is 1. The van der Waals surface area contributed by atoms with Crippen molar-refractivity contribution in [1.29, 1.82) is 0 Å². The summed E-state index contributed by atoms with van der Waals surface area (Å²) < 4.78 is 6.60. The fraction of sp³-hybridized carbons (Fsp3) is 0.235. The van der Waals surface area contributed by atoms with Crippen LogP contribution in [0.2, 0.25) is 10.0 Å². The molecule has 0 spiro atoms. The van der Waals surface area contributed by atoms with Crippen LogP contribution in [0.5, 0.6) is 0 Å². The van der Waals surface area contributed by atoms with Gasteiger partial charge in [-0.2, -0.15) is 0 Å². The number of aryl methyl sites for hydroxylation is 1. The van der Waals surface area contributed by atoms with Gasteiger partial charge in [-0.05, 0) is 37.6 Å². The summed E-state index contributed by atoms with van der Waals surface area (Å²) in [4.78, 5) is 12.2. The number of aromatic nitrogens is 3. The van der Waals surface area contributed by atoms with Gasteiger partial charge in [0.15, 0.2) is 5.82 Å². The van der Waals surface area contributed by atoms with Crippen molar-refractivity contribution in [3.8, 4) is 11.4 Å². The van der Waals surface area contributed by atoms with Gasteiger partial charge in [0, 0.05) is 0 Å². The Kier molecular flexibility index (Phi) is 5.98. The van der Waals surface area contributed by atoms with E-state index in [1.807, 2.05) is 19.9 Å². The Balaban J connectivity index is 1.60. The highest BCUT2D eigenvalue weighted by molar-refractivity contribution is 7.99. The lowest BCUT2D eigenvalue weighted by Gasteiger charge is -2.14. The van der Waals surface area contributed by atoms with Crippen LogP contribution in [-0.4, -0.2) is 26.5 Å². The van der Waals surface area contributed by atoms with E-state index in [-0.39, 0.29) is 17.7 Å². The highest BCUT2D eigenvalue weighted by Crippen LogP contribution is 2.26. The number of hydrogen-bond donors (Lipinski definition) is 2. The molecule has 27 heavy (non-hydrogen) atoms. The van der Waals surface area contributed by atoms with Crippen LogP contribution < -0.4 is 11.2 Å². The molecule has 142 valence electrons. The quantitative estimate of drug-likeness (QED) is 0.459. The average Bonchev–Trinajstić information content (AvgIpc) is 3.20. The number of benzene rings is 1. The smallest absolute Gasteiger partial charge is 0.230 e. The van der Waals surface area contributed by atoms with Gasteiger partial charge in [-0.3, -0.25) is 4.79 Å². The Bertz CT molecular complexity index is 972. The van der Waals surface area contributed by atoms with Crippen molar-refractivity contribution >= 4 is 40.9 Å². The number of halogens is 2. The molecule has 0 saturated heterocycles. The molecule has 0 fully saturated rings. The molecule has 3 rings (SSSR count). The lowest BCUT2D eigenvalue weighted by Crippen LogP contribution is -2.28. The van der Waals surface area contributed by atoms with E-state index < -0.39 is 0 Å². The van der Waals surface area contributed by atoms with Gasteiger partial charge in [0.1, 0.15) is 5.76 Å². The number of carbonyl (C=O) groups is 1. The first kappa shape index (κ1) is 19.6. The minimum Gasteiger partial charge on any atom is -0.469 e. The standard InChI is InChI=1S/C17H17Cl2N5O2S/c1-9(11-3-4-13(18)14(19)7-11)21-15(25)8-27-17-23-22-16(24(17)20)12-5-6-26-10(12)2/h3-7,9H,8,20H2,1-2H3,(H,21,25). The van der Waals surface area contributed by atoms with Crippen LogP contribution in [0.25, 0.3) is 11.4 Å². The molecule has 0 aliphatic rings. The van der Waals surface area contributed by atoms with Gasteiger partial charge >= 0.3 is 0 Å². The summed E-state index contributed by atoms with van der Waals surface area (Å²) in [5.41, 5.74) is 1.62. The second-order valence-corrected chi connectivity index (χ2v) is 7.57. The Hall–Kier alpha value is -2.16. The predicted octanol–water partition coefficient (Wildman–Crippen LogP) is 3.84. The molecule has 0 aliphatic carbocycles. The summed E-state index contributed by atoms with van der Waals surface area (Å²) in [6.07, 6.45) is 1.56. The number of nitrogens with zero attached hydrogens (tertiary/aromatic N) is 3. The average molecular weight is 426 g/mol. The molecule has 3 aromatic rings. The van der Waals surface area contributed by atoms with Crippen LogP contribution in [0.1, 0.15) is 24.3 Å². The molecule has 3 N–H and O–H groups in total. The summed E-state index contributed by atoms with van der Waals surface area (Å²) in [5.74, 6) is 7.20. The fourth-order valence-electron chi connectivity index (χ4n) is 2.45. The van der Waals surface area contributed by atoms with Gasteiger partial charge in [-0.15, -0.1) is 10.2 Å². The molecule has 2 aromatic heterocycles. The maximum atomic E-state index is 12.2. The lowest BCUT2D eigenvalue weighted by atomic mass is 10.1. The monoisotopic (exact) mass is 425 g/mol. The van der Waals surface area contributed by atoms with E-state index in [4.69, 9.17) is 33.5 Å². The van der Waals surface area contributed by atoms with E-state index in [2.05, 4.69) is 15.5 Å². The molecule has 1 amide bonds. The summed E-state index contributed by atoms with van der Waals surface area (Å²) in [5, 5.41) is 12.4. The number of nitrogen functional groups attached to an aromatic ring is 1. The van der Waals surface area contributed by atoms with Gasteiger partial charge in [0.05, 0.1) is 33.7 Å². The predicted molar refractivity (Wildman–Crippen MR) is 106 cm³/mol. The second-order valence-electron chi connectivity index (χ2n) is 5.82. The van der Waals surface area contributed by atoms with Crippen LogP contribution in [0.3, 0.4) is 0 Å². The highest BCUT2D eigenvalue weighted by Gasteiger charge is 2.17. The maximum Gasteiger partial charge on any atom is 0.230 e. The zero-order valence-corrected chi connectivity index (χ0v) is 16.9. The Morgan fingerprint density at radius 2 is 2.11 bits per heavy atom. The first-order valence-corrected chi connectivity index (χ1v) is 9.73. The number of nitrogens with one attached hydrogen (secondary N) is 1. The van der Waals surface area contributed by atoms with Crippen molar-refractivity contribution in [1.82, 2.24) is 20.2 Å². The molecule has 1 aromatic carbocycles. The zero-order valence-electron chi connectivity index (χ0n) is 14.6. The van der Waals surface area contributed by atoms with Crippen molar-refractivity contribution in [2.24, 2.45) is 0 Å². The van der Waals surface area contributed by atoms with E-state index in [1.165, 1.54) is 16.4 Å². The Morgan fingerprint density at radius 1 is 1.33 bits per heavy atom. The molecule has 2 heterocycles. The lowest BCUT2D eigenvalue weighted by molar-refractivity contribution is -0.119. The molecule has 1 unspecified atom stereocenters. The highest BCUT2D eigenvalue weighted by atomic mass is 35.5. The number of furan rings is 1. The van der Waals surface area contributed by atoms with Crippen LogP contribution >= 0.6 is 35.0 Å². The molecule has 7 nitrogen and oxygen atoms in total. The molecule has 10 heteroatoms. The first-order chi connectivity index (χ1) is 12.9. The van der Waals surface area contributed by atoms with Crippen LogP contribution in [0, 0.1) is 6.92 Å². The number of rotatable bonds is 6. The number of thioether (sulfide) groups is 1. The summed E-state index contributed by atoms with van der Waals surface area (Å²) in [7, 11) is 0. The molecule has 0 saturated carbocycles. The number of carbonyl (C=O) groups excluding carboxylic acids is 1. The number of amides is 1. The molecule has 1 atom stereocenters. The largest absolute Gasteiger partial charge is 0.469 e. The maximum absolute atomic E-state index is 12.2. The van der Waals surface area contributed by atoms with Gasteiger partial charge < -0.3 is 15.6 Å². The van der Waals surface area contributed by atoms with E-state index in [0.29, 0.717) is 26.8 Å². The van der Waals surface area contributed by atoms with Crippen molar-refractivity contribution in [3.63, 3.8) is 0 Å². The van der Waals surface area contributed by atoms with Gasteiger partial charge in [0.2, 0.25) is 11.1 Å². The van der Waals surface area contributed by atoms with Crippen molar-refractivity contribution in [2.45, 2.75) is 25.0 Å². The second kappa shape index (κ2) is 8.24. The summed E-state index contributed by atoms with van der Waals surface area (Å²) >= 11 is 13.1. The SMILES string of the molecule is Cc1occc1-c1nnc(SCC(=O)NC(C)c2ccc(Cl)c(Cl)c2)n1N. The van der Waals surface area contributed by atoms with Crippen molar-refractivity contribution in [3.05, 3.63) is 51.9 Å². The third-order valence-electron chi connectivity index (χ3n) is 3.92. The zero-order chi connectivity index (χ0) is 19.6. The van der Waals surface area contributed by atoms with E-state index in [9.17, 15) is 4.79 Å². The van der Waals surface area contributed by atoms with Gasteiger partial charge in [-0.25, -0.2) is 4.68 Å². The van der Waals surface area contributed by atoms with E-state index in [1.54, 1.807) is 24.5 Å². The van der Waals surface area contributed by atoms with Gasteiger partial charge in [0.25, 0.3) is 0 Å². The molecule has 0 aliphatic heterocycles. The van der Waals surface area contributed by atoms with E-state index >= 15 is 0 Å².